The molecule has 1 amide bonds. The number of carbonyl (C=O) groups is 1. The first-order valence-electron chi connectivity index (χ1n) is 7.53. The number of fused-ring (bicyclic) bond motifs is 1. The van der Waals surface area contributed by atoms with Gasteiger partial charge < -0.3 is 9.73 Å². The van der Waals surface area contributed by atoms with Crippen molar-refractivity contribution in [1.82, 2.24) is 15.2 Å². The van der Waals surface area contributed by atoms with Crippen LogP contribution in [-0.4, -0.2) is 21.1 Å². The molecule has 8 heteroatoms. The van der Waals surface area contributed by atoms with E-state index < -0.39 is 0 Å². The molecule has 4 aromatic rings. The molecule has 0 atom stereocenters. The summed E-state index contributed by atoms with van der Waals surface area (Å²) >= 11 is 3.27. The highest BCUT2D eigenvalue weighted by molar-refractivity contribution is 9.10. The number of aromatic amines is 1. The quantitative estimate of drug-likeness (QED) is 0.531. The SMILES string of the molecule is N#Cc1cnc(C(=O)Nc2ccc3[nH]nc(-c4ccoc4)c3c2)c(Br)c1. The van der Waals surface area contributed by atoms with E-state index in [1.165, 1.54) is 6.20 Å². The molecular weight excluding hydrogens is 398 g/mol. The van der Waals surface area contributed by atoms with Gasteiger partial charge in [0.05, 0.1) is 28.1 Å². The normalized spacial score (nSPS) is 10.6. The minimum atomic E-state index is -0.380. The molecule has 0 unspecified atom stereocenters. The highest BCUT2D eigenvalue weighted by atomic mass is 79.9. The van der Waals surface area contributed by atoms with Crippen molar-refractivity contribution in [2.24, 2.45) is 0 Å². The third-order valence-electron chi connectivity index (χ3n) is 3.80. The predicted molar refractivity (Wildman–Crippen MR) is 98.4 cm³/mol. The van der Waals surface area contributed by atoms with Crippen molar-refractivity contribution in [2.75, 3.05) is 5.32 Å². The van der Waals surface area contributed by atoms with E-state index in [1.807, 2.05) is 24.3 Å². The Hall–Kier alpha value is -3.44. The lowest BCUT2D eigenvalue weighted by Crippen LogP contribution is -2.14. The largest absolute Gasteiger partial charge is 0.472 e. The van der Waals surface area contributed by atoms with Gasteiger partial charge in [0.1, 0.15) is 17.5 Å². The molecule has 1 aromatic carbocycles. The van der Waals surface area contributed by atoms with E-state index in [4.69, 9.17) is 9.68 Å². The second kappa shape index (κ2) is 6.46. The third kappa shape index (κ3) is 2.85. The average molecular weight is 408 g/mol. The van der Waals surface area contributed by atoms with Crippen LogP contribution in [0.1, 0.15) is 16.1 Å². The first kappa shape index (κ1) is 16.1. The summed E-state index contributed by atoms with van der Waals surface area (Å²) in [5.41, 5.74) is 3.60. The molecule has 0 bridgehead atoms. The number of aromatic nitrogens is 3. The van der Waals surface area contributed by atoms with Gasteiger partial charge in [0, 0.05) is 22.8 Å². The second-order valence-electron chi connectivity index (χ2n) is 5.46. The molecule has 0 saturated carbocycles. The lowest BCUT2D eigenvalue weighted by atomic mass is 10.1. The zero-order valence-corrected chi connectivity index (χ0v) is 14.7. The summed E-state index contributed by atoms with van der Waals surface area (Å²) in [6.45, 7) is 0. The number of hydrogen-bond acceptors (Lipinski definition) is 5. The van der Waals surface area contributed by atoms with E-state index in [-0.39, 0.29) is 11.6 Å². The van der Waals surface area contributed by atoms with Crippen LogP contribution in [0.15, 0.2) is 57.9 Å². The number of nitriles is 1. The standard InChI is InChI=1S/C18H10BrN5O2/c19-14-5-10(7-20)8-21-17(14)18(25)22-12-1-2-15-13(6-12)16(24-23-15)11-3-4-26-9-11/h1-6,8-9H,(H,22,25)(H,23,24). The number of nitrogens with one attached hydrogen (secondary N) is 2. The molecule has 3 aromatic heterocycles. The van der Waals surface area contributed by atoms with Gasteiger partial charge in [-0.15, -0.1) is 0 Å². The second-order valence-corrected chi connectivity index (χ2v) is 6.32. The highest BCUT2D eigenvalue weighted by Crippen LogP contribution is 2.29. The Morgan fingerprint density at radius 2 is 2.19 bits per heavy atom. The first-order valence-corrected chi connectivity index (χ1v) is 8.32. The van der Waals surface area contributed by atoms with Gasteiger partial charge in [-0.1, -0.05) is 0 Å². The van der Waals surface area contributed by atoms with Crippen LogP contribution in [0.2, 0.25) is 0 Å². The van der Waals surface area contributed by atoms with Crippen LogP contribution in [0, 0.1) is 11.3 Å². The van der Waals surface area contributed by atoms with E-state index in [9.17, 15) is 4.79 Å². The van der Waals surface area contributed by atoms with Crippen LogP contribution in [0.25, 0.3) is 22.2 Å². The van der Waals surface area contributed by atoms with E-state index in [0.717, 1.165) is 22.2 Å². The fourth-order valence-corrected chi connectivity index (χ4v) is 3.10. The van der Waals surface area contributed by atoms with E-state index in [0.29, 0.717) is 15.7 Å². The summed E-state index contributed by atoms with van der Waals surface area (Å²) in [7, 11) is 0. The molecule has 7 nitrogen and oxygen atoms in total. The summed E-state index contributed by atoms with van der Waals surface area (Å²) in [6, 6.07) is 10.8. The van der Waals surface area contributed by atoms with Crippen molar-refractivity contribution >= 4 is 38.4 Å². The number of H-pyrrole nitrogens is 1. The molecule has 0 aliphatic carbocycles. The molecule has 26 heavy (non-hydrogen) atoms. The van der Waals surface area contributed by atoms with Gasteiger partial charge in [0.25, 0.3) is 5.91 Å². The van der Waals surface area contributed by atoms with Crippen LogP contribution in [0.3, 0.4) is 0 Å². The van der Waals surface area contributed by atoms with Crippen LogP contribution in [-0.2, 0) is 0 Å². The number of amides is 1. The van der Waals surface area contributed by atoms with Crippen LogP contribution in [0.5, 0.6) is 0 Å². The van der Waals surface area contributed by atoms with E-state index in [2.05, 4.69) is 36.4 Å². The van der Waals surface area contributed by atoms with Crippen molar-refractivity contribution in [1.29, 1.82) is 5.26 Å². The molecule has 0 saturated heterocycles. The Morgan fingerprint density at radius 3 is 2.92 bits per heavy atom. The van der Waals surface area contributed by atoms with Crippen molar-refractivity contribution < 1.29 is 9.21 Å². The Kier molecular flexibility index (Phi) is 3.99. The molecule has 0 aliphatic heterocycles. The topological polar surface area (TPSA) is 108 Å². The Morgan fingerprint density at radius 1 is 1.31 bits per heavy atom. The van der Waals surface area contributed by atoms with Crippen molar-refractivity contribution in [2.45, 2.75) is 0 Å². The van der Waals surface area contributed by atoms with Crippen LogP contribution < -0.4 is 5.32 Å². The van der Waals surface area contributed by atoms with Crippen LogP contribution >= 0.6 is 15.9 Å². The third-order valence-corrected chi connectivity index (χ3v) is 4.41. The molecule has 0 aliphatic rings. The zero-order chi connectivity index (χ0) is 18.1. The van der Waals surface area contributed by atoms with Crippen molar-refractivity contribution in [3.8, 4) is 17.3 Å². The maximum Gasteiger partial charge on any atom is 0.275 e. The summed E-state index contributed by atoms with van der Waals surface area (Å²) in [5.74, 6) is -0.380. The molecule has 2 N–H and O–H groups in total. The van der Waals surface area contributed by atoms with E-state index in [1.54, 1.807) is 24.7 Å². The van der Waals surface area contributed by atoms with Gasteiger partial charge in [0.15, 0.2) is 0 Å². The van der Waals surface area contributed by atoms with Gasteiger partial charge in [-0.05, 0) is 46.3 Å². The monoisotopic (exact) mass is 407 g/mol. The number of carbonyl (C=O) groups excluding carboxylic acids is 1. The number of anilines is 1. The maximum atomic E-state index is 12.5. The summed E-state index contributed by atoms with van der Waals surface area (Å²) < 4.78 is 5.57. The highest BCUT2D eigenvalue weighted by Gasteiger charge is 2.15. The Balaban J connectivity index is 1.66. The molecule has 0 spiro atoms. The minimum Gasteiger partial charge on any atom is -0.472 e. The molecule has 3 heterocycles. The number of nitrogens with zero attached hydrogens (tertiary/aromatic N) is 3. The molecule has 126 valence electrons. The first-order chi connectivity index (χ1) is 12.7. The number of pyridine rings is 1. The summed E-state index contributed by atoms with van der Waals surface area (Å²) in [5, 5.41) is 19.8. The number of hydrogen-bond donors (Lipinski definition) is 2. The number of rotatable bonds is 3. The van der Waals surface area contributed by atoms with Gasteiger partial charge in [0.2, 0.25) is 0 Å². The smallest absolute Gasteiger partial charge is 0.275 e. The molecule has 0 fully saturated rings. The van der Waals surface area contributed by atoms with Crippen molar-refractivity contribution in [3.05, 3.63) is 64.8 Å². The lowest BCUT2D eigenvalue weighted by molar-refractivity contribution is 0.102. The number of halogens is 1. The lowest BCUT2D eigenvalue weighted by Gasteiger charge is -2.07. The van der Waals surface area contributed by atoms with Gasteiger partial charge in [-0.25, -0.2) is 4.98 Å². The molecule has 4 rings (SSSR count). The molecule has 0 radical (unpaired) electrons. The Labute approximate surface area is 155 Å². The van der Waals surface area contributed by atoms with E-state index >= 15 is 0 Å². The Bertz CT molecular complexity index is 1160. The van der Waals surface area contributed by atoms with Gasteiger partial charge in [-0.3, -0.25) is 9.89 Å². The summed E-state index contributed by atoms with van der Waals surface area (Å²) in [4.78, 5) is 16.5. The number of furan rings is 1. The fraction of sp³-hybridized carbons (Fsp3) is 0. The summed E-state index contributed by atoms with van der Waals surface area (Å²) in [6.07, 6.45) is 4.55. The fourth-order valence-electron chi connectivity index (χ4n) is 2.57. The zero-order valence-electron chi connectivity index (χ0n) is 13.2. The minimum absolute atomic E-state index is 0.200. The maximum absolute atomic E-state index is 12.5. The predicted octanol–water partition coefficient (Wildman–Crippen LogP) is 4.10. The van der Waals surface area contributed by atoms with Gasteiger partial charge in [-0.2, -0.15) is 10.4 Å². The van der Waals surface area contributed by atoms with Crippen LogP contribution in [0.4, 0.5) is 5.69 Å². The average Bonchev–Trinajstić information content (AvgIpc) is 3.30. The number of benzene rings is 1. The molecular formula is C18H10BrN5O2. The van der Waals surface area contributed by atoms with Crippen molar-refractivity contribution in [3.63, 3.8) is 0 Å². The van der Waals surface area contributed by atoms with Gasteiger partial charge >= 0.3 is 0 Å².